The molecule has 152 valence electrons. The summed E-state index contributed by atoms with van der Waals surface area (Å²) in [5.41, 5.74) is 1.24. The zero-order valence-corrected chi connectivity index (χ0v) is 17.3. The average molecular weight is 434 g/mol. The fourth-order valence-corrected chi connectivity index (χ4v) is 4.09. The van der Waals surface area contributed by atoms with Gasteiger partial charge in [-0.05, 0) is 24.3 Å². The van der Waals surface area contributed by atoms with Crippen LogP contribution in [0.15, 0.2) is 41.7 Å². The van der Waals surface area contributed by atoms with Gasteiger partial charge in [0.25, 0.3) is 5.24 Å². The topological polar surface area (TPSA) is 107 Å². The Morgan fingerprint density at radius 2 is 1.86 bits per heavy atom. The zero-order valence-electron chi connectivity index (χ0n) is 15.6. The number of hydrogen-bond acceptors (Lipinski definition) is 7. The average Bonchev–Trinajstić information content (AvgIpc) is 3.13. The largest absolute Gasteiger partial charge is 0.474 e. The van der Waals surface area contributed by atoms with E-state index < -0.39 is 9.84 Å². The van der Waals surface area contributed by atoms with Crippen LogP contribution in [0.2, 0.25) is 0 Å². The number of likely N-dealkylation sites (tertiary alicyclic amines) is 1. The van der Waals surface area contributed by atoms with Crippen LogP contribution in [-0.4, -0.2) is 63.8 Å². The SMILES string of the molecule is CS(=O)(=O)c1ccc(-n2ncc3c(OC4CCN(C(=O)S)CC4)ncnc32)cc1. The van der Waals surface area contributed by atoms with E-state index in [9.17, 15) is 13.2 Å². The van der Waals surface area contributed by atoms with Gasteiger partial charge in [0.1, 0.15) is 17.8 Å². The molecule has 1 aliphatic rings. The van der Waals surface area contributed by atoms with Gasteiger partial charge >= 0.3 is 0 Å². The molecule has 3 heterocycles. The minimum Gasteiger partial charge on any atom is -0.474 e. The normalized spacial score (nSPS) is 15.6. The fourth-order valence-electron chi connectivity index (χ4n) is 3.26. The van der Waals surface area contributed by atoms with Gasteiger partial charge in [0, 0.05) is 32.2 Å². The molecule has 1 aromatic carbocycles. The summed E-state index contributed by atoms with van der Waals surface area (Å²) in [7, 11) is -3.27. The van der Waals surface area contributed by atoms with Gasteiger partial charge in [-0.1, -0.05) is 12.6 Å². The number of carbonyl (C=O) groups is 1. The highest BCUT2D eigenvalue weighted by Crippen LogP contribution is 2.26. The molecule has 4 rings (SSSR count). The standard InChI is InChI=1S/C18H19N5O4S2/c1-29(25,26)14-4-2-12(3-5-14)23-16-15(10-21-23)17(20-11-19-16)27-13-6-8-22(9-7-13)18(24)28/h2-5,10-11,13H,6-9H2,1H3,(H,24,28). The molecule has 1 aliphatic heterocycles. The minimum absolute atomic E-state index is 0.0607. The number of ether oxygens (including phenoxy) is 1. The molecule has 0 unspecified atom stereocenters. The number of sulfone groups is 1. The van der Waals surface area contributed by atoms with E-state index in [0.29, 0.717) is 48.5 Å². The van der Waals surface area contributed by atoms with Crippen molar-refractivity contribution in [2.75, 3.05) is 19.3 Å². The zero-order chi connectivity index (χ0) is 20.6. The Kier molecular flexibility index (Phi) is 5.17. The molecule has 0 saturated carbocycles. The van der Waals surface area contributed by atoms with E-state index in [0.717, 1.165) is 0 Å². The third-order valence-electron chi connectivity index (χ3n) is 4.83. The van der Waals surface area contributed by atoms with E-state index in [1.807, 2.05) is 0 Å². The third kappa shape index (κ3) is 4.06. The van der Waals surface area contributed by atoms with Crippen LogP contribution in [0.4, 0.5) is 4.79 Å². The summed E-state index contributed by atoms with van der Waals surface area (Å²) in [6.07, 6.45) is 5.53. The second-order valence-electron chi connectivity index (χ2n) is 6.83. The van der Waals surface area contributed by atoms with Gasteiger partial charge in [0.15, 0.2) is 15.5 Å². The highest BCUT2D eigenvalue weighted by Gasteiger charge is 2.24. The molecule has 0 spiro atoms. The third-order valence-corrected chi connectivity index (χ3v) is 6.24. The van der Waals surface area contributed by atoms with Crippen molar-refractivity contribution in [3.63, 3.8) is 0 Å². The molecule has 0 atom stereocenters. The van der Waals surface area contributed by atoms with Crippen LogP contribution in [-0.2, 0) is 9.84 Å². The molecule has 1 amide bonds. The maximum absolute atomic E-state index is 11.6. The van der Waals surface area contributed by atoms with Crippen molar-refractivity contribution < 1.29 is 17.9 Å². The fraction of sp³-hybridized carbons (Fsp3) is 0.333. The Balaban J connectivity index is 1.58. The van der Waals surface area contributed by atoms with Crippen LogP contribution in [0.25, 0.3) is 16.7 Å². The van der Waals surface area contributed by atoms with Crippen LogP contribution in [0.1, 0.15) is 12.8 Å². The Bertz CT molecular complexity index is 1150. The molecule has 2 aromatic heterocycles. The van der Waals surface area contributed by atoms with Crippen molar-refractivity contribution in [1.29, 1.82) is 0 Å². The van der Waals surface area contributed by atoms with Crippen LogP contribution < -0.4 is 4.74 Å². The van der Waals surface area contributed by atoms with Crippen molar-refractivity contribution in [3.8, 4) is 11.6 Å². The van der Waals surface area contributed by atoms with Crippen molar-refractivity contribution in [3.05, 3.63) is 36.8 Å². The number of nitrogens with zero attached hydrogens (tertiary/aromatic N) is 5. The lowest BCUT2D eigenvalue weighted by Crippen LogP contribution is -2.39. The van der Waals surface area contributed by atoms with E-state index in [2.05, 4.69) is 27.7 Å². The Labute approximate surface area is 173 Å². The van der Waals surface area contributed by atoms with Crippen LogP contribution in [0, 0.1) is 0 Å². The summed E-state index contributed by atoms with van der Waals surface area (Å²) >= 11 is 3.86. The van der Waals surface area contributed by atoms with Crippen LogP contribution in [0.5, 0.6) is 5.88 Å². The first-order valence-corrected chi connectivity index (χ1v) is 11.3. The monoisotopic (exact) mass is 433 g/mol. The molecule has 1 saturated heterocycles. The van der Waals surface area contributed by atoms with Gasteiger partial charge < -0.3 is 9.64 Å². The molecule has 29 heavy (non-hydrogen) atoms. The molecule has 0 aliphatic carbocycles. The predicted octanol–water partition coefficient (Wildman–Crippen LogP) is 2.11. The van der Waals surface area contributed by atoms with E-state index in [-0.39, 0.29) is 16.2 Å². The first-order valence-electron chi connectivity index (χ1n) is 8.96. The number of carbonyl (C=O) groups excluding carboxylic acids is 1. The Morgan fingerprint density at radius 3 is 2.48 bits per heavy atom. The second kappa shape index (κ2) is 7.64. The number of thiol groups is 1. The maximum atomic E-state index is 11.6. The number of rotatable bonds is 4. The molecule has 1 fully saturated rings. The molecule has 9 nitrogen and oxygen atoms in total. The second-order valence-corrected chi connectivity index (χ2v) is 9.22. The van der Waals surface area contributed by atoms with E-state index in [4.69, 9.17) is 4.74 Å². The van der Waals surface area contributed by atoms with Gasteiger partial charge in [-0.3, -0.25) is 4.79 Å². The van der Waals surface area contributed by atoms with Gasteiger partial charge in [0.2, 0.25) is 5.88 Å². The van der Waals surface area contributed by atoms with Crippen LogP contribution >= 0.6 is 12.6 Å². The smallest absolute Gasteiger partial charge is 0.278 e. The number of benzene rings is 1. The summed E-state index contributed by atoms with van der Waals surface area (Å²) in [6.45, 7) is 1.18. The number of amides is 1. The molecule has 0 N–H and O–H groups in total. The first kappa shape index (κ1) is 19.6. The van der Waals surface area contributed by atoms with Crippen molar-refractivity contribution in [2.45, 2.75) is 23.8 Å². The number of hydrogen-bond donors (Lipinski definition) is 1. The quantitative estimate of drug-likeness (QED) is 0.628. The summed E-state index contributed by atoms with van der Waals surface area (Å²) in [5.74, 6) is 0.435. The van der Waals surface area contributed by atoms with Crippen molar-refractivity contribution in [2.24, 2.45) is 0 Å². The number of aromatic nitrogens is 4. The summed E-state index contributed by atoms with van der Waals surface area (Å²) in [5, 5.41) is 4.80. The molecular weight excluding hydrogens is 414 g/mol. The highest BCUT2D eigenvalue weighted by molar-refractivity contribution is 7.96. The molecule has 0 radical (unpaired) electrons. The van der Waals surface area contributed by atoms with E-state index in [1.54, 1.807) is 27.9 Å². The lowest BCUT2D eigenvalue weighted by atomic mass is 10.1. The van der Waals surface area contributed by atoms with E-state index in [1.165, 1.54) is 24.7 Å². The molecular formula is C18H19N5O4S2. The van der Waals surface area contributed by atoms with Gasteiger partial charge in [-0.15, -0.1) is 0 Å². The summed E-state index contributed by atoms with van der Waals surface area (Å²) in [4.78, 5) is 21.8. The highest BCUT2D eigenvalue weighted by atomic mass is 32.2. The lowest BCUT2D eigenvalue weighted by molar-refractivity contribution is 0.116. The maximum Gasteiger partial charge on any atom is 0.278 e. The molecule has 0 bridgehead atoms. The van der Waals surface area contributed by atoms with E-state index >= 15 is 0 Å². The number of fused-ring (bicyclic) bond motifs is 1. The predicted molar refractivity (Wildman–Crippen MR) is 109 cm³/mol. The summed E-state index contributed by atoms with van der Waals surface area (Å²) in [6, 6.07) is 6.42. The molecule has 11 heteroatoms. The van der Waals surface area contributed by atoms with Crippen molar-refractivity contribution >= 4 is 38.7 Å². The number of piperidine rings is 1. The van der Waals surface area contributed by atoms with Gasteiger partial charge in [0.05, 0.1) is 16.8 Å². The van der Waals surface area contributed by atoms with Crippen molar-refractivity contribution in [1.82, 2.24) is 24.6 Å². The lowest BCUT2D eigenvalue weighted by Gasteiger charge is -2.30. The van der Waals surface area contributed by atoms with Gasteiger partial charge in [-0.25, -0.2) is 23.1 Å². The first-order chi connectivity index (χ1) is 13.8. The molecule has 3 aromatic rings. The summed E-state index contributed by atoms with van der Waals surface area (Å²) < 4.78 is 31.0. The Morgan fingerprint density at radius 1 is 1.17 bits per heavy atom. The van der Waals surface area contributed by atoms with Gasteiger partial charge in [-0.2, -0.15) is 5.10 Å². The Hall–Kier alpha value is -2.66. The van der Waals surface area contributed by atoms with Crippen LogP contribution in [0.3, 0.4) is 0 Å². The minimum atomic E-state index is -3.27.